The number of tetrazole rings is 1. The number of aliphatic carboxylic acids is 1. The summed E-state index contributed by atoms with van der Waals surface area (Å²) in [5.74, 6) is -1.90. The van der Waals surface area contributed by atoms with Crippen LogP contribution in [-0.2, 0) is 32.6 Å². The van der Waals surface area contributed by atoms with Gasteiger partial charge in [-0.25, -0.2) is 8.42 Å². The Bertz CT molecular complexity index is 1520. The first-order chi connectivity index (χ1) is 17.6. The molecule has 3 heterocycles. The number of nitrogens with zero attached hydrogens (tertiary/aromatic N) is 5. The van der Waals surface area contributed by atoms with Crippen molar-refractivity contribution >= 4 is 56.3 Å². The number of halogens is 2. The molecule has 0 saturated heterocycles. The molecule has 4 aromatic rings. The van der Waals surface area contributed by atoms with E-state index in [0.717, 1.165) is 16.1 Å². The zero-order valence-electron chi connectivity index (χ0n) is 18.8. The van der Waals surface area contributed by atoms with Crippen LogP contribution in [-0.4, -0.2) is 56.5 Å². The summed E-state index contributed by atoms with van der Waals surface area (Å²) in [5, 5.41) is 21.9. The molecule has 1 unspecified atom stereocenters. The second kappa shape index (κ2) is 11.4. The Hall–Kier alpha value is -3.23. The highest BCUT2D eigenvalue weighted by molar-refractivity contribution is 7.91. The largest absolute Gasteiger partial charge is 0.481 e. The number of carboxylic acid groups (broad SMARTS) is 1. The molecule has 0 radical (unpaired) electrons. The number of pyridine rings is 1. The minimum absolute atomic E-state index is 0.0888. The molecule has 2 N–H and O–H groups in total. The van der Waals surface area contributed by atoms with Crippen LogP contribution in [0.4, 0.5) is 0 Å². The van der Waals surface area contributed by atoms with Gasteiger partial charge in [0.1, 0.15) is 10.8 Å². The molecule has 0 aliphatic heterocycles. The second-order valence-corrected chi connectivity index (χ2v) is 11.5. The number of aromatic nitrogens is 5. The molecule has 11 nitrogen and oxygen atoms in total. The van der Waals surface area contributed by atoms with Crippen molar-refractivity contribution < 1.29 is 23.1 Å². The van der Waals surface area contributed by atoms with E-state index in [-0.39, 0.29) is 16.5 Å². The van der Waals surface area contributed by atoms with Crippen LogP contribution in [0.3, 0.4) is 0 Å². The number of carbonyl (C=O) groups excluding carboxylic acids is 1. The number of sulfonamides is 1. The third kappa shape index (κ3) is 6.76. The maximum atomic E-state index is 13.0. The standard InChI is InChI=1S/C22H18Cl2N6O5S2/c23-14-4-3-5-15(24)13(14)10-20-26-29-30(27-20)12-18(31)17(11-21(32)33)28-37(34,35)22-8-7-19(36-22)16-6-1-2-9-25-16/h1-9,17,28H,10-12H2,(H,32,33). The molecule has 1 atom stereocenters. The van der Waals surface area contributed by atoms with Crippen LogP contribution >= 0.6 is 34.5 Å². The van der Waals surface area contributed by atoms with Crippen LogP contribution in [0.2, 0.25) is 10.0 Å². The van der Waals surface area contributed by atoms with Crippen molar-refractivity contribution in [1.82, 2.24) is 29.9 Å². The fourth-order valence-electron chi connectivity index (χ4n) is 3.28. The van der Waals surface area contributed by atoms with Crippen molar-refractivity contribution in [3.63, 3.8) is 0 Å². The Morgan fingerprint density at radius 3 is 2.51 bits per heavy atom. The van der Waals surface area contributed by atoms with Gasteiger partial charge < -0.3 is 5.11 Å². The van der Waals surface area contributed by atoms with Crippen molar-refractivity contribution in [1.29, 1.82) is 0 Å². The van der Waals surface area contributed by atoms with E-state index < -0.39 is 40.8 Å². The summed E-state index contributed by atoms with van der Waals surface area (Å²) in [6.07, 6.45) is 0.956. The number of ketones is 1. The van der Waals surface area contributed by atoms with E-state index in [0.29, 0.717) is 26.2 Å². The Balaban J connectivity index is 1.48. The number of hydrogen-bond donors (Lipinski definition) is 2. The van der Waals surface area contributed by atoms with E-state index in [2.05, 4.69) is 25.1 Å². The minimum Gasteiger partial charge on any atom is -0.481 e. The second-order valence-electron chi connectivity index (χ2n) is 7.68. The summed E-state index contributed by atoms with van der Waals surface area (Å²) < 4.78 is 28.0. The predicted molar refractivity (Wildman–Crippen MR) is 136 cm³/mol. The lowest BCUT2D eigenvalue weighted by Crippen LogP contribution is -2.43. The van der Waals surface area contributed by atoms with Crippen LogP contribution in [0.5, 0.6) is 0 Å². The molecule has 0 spiro atoms. The number of rotatable bonds is 11. The molecule has 4 rings (SSSR count). The Labute approximate surface area is 225 Å². The van der Waals surface area contributed by atoms with Crippen molar-refractivity contribution in [3.05, 3.63) is 76.2 Å². The lowest BCUT2D eigenvalue weighted by molar-refractivity contribution is -0.139. The number of carboxylic acids is 1. The lowest BCUT2D eigenvalue weighted by Gasteiger charge is -2.15. The van der Waals surface area contributed by atoms with Crippen molar-refractivity contribution in [3.8, 4) is 10.6 Å². The fraction of sp³-hybridized carbons (Fsp3) is 0.182. The van der Waals surface area contributed by atoms with Gasteiger partial charge in [-0.15, -0.1) is 21.5 Å². The Kier molecular flexibility index (Phi) is 8.29. The molecule has 3 aromatic heterocycles. The number of hydrogen-bond acceptors (Lipinski definition) is 9. The van der Waals surface area contributed by atoms with Gasteiger partial charge in [0.2, 0.25) is 0 Å². The molecule has 0 fully saturated rings. The van der Waals surface area contributed by atoms with E-state index in [9.17, 15) is 23.1 Å². The highest BCUT2D eigenvalue weighted by Gasteiger charge is 2.29. The van der Waals surface area contributed by atoms with E-state index >= 15 is 0 Å². The zero-order chi connectivity index (χ0) is 26.6. The topological polar surface area (TPSA) is 157 Å². The molecule has 0 aliphatic rings. The van der Waals surface area contributed by atoms with Crippen LogP contribution in [0, 0.1) is 0 Å². The molecule has 0 aliphatic carbocycles. The van der Waals surface area contributed by atoms with Crippen LogP contribution in [0.1, 0.15) is 17.8 Å². The average molecular weight is 581 g/mol. The molecule has 37 heavy (non-hydrogen) atoms. The van der Waals surface area contributed by atoms with Crippen LogP contribution < -0.4 is 4.72 Å². The van der Waals surface area contributed by atoms with Crippen LogP contribution in [0.15, 0.2) is 58.9 Å². The minimum atomic E-state index is -4.21. The number of Topliss-reactive ketones (excluding diaryl/α,β-unsaturated/α-hetero) is 1. The van der Waals surface area contributed by atoms with Gasteiger partial charge in [-0.05, 0) is 47.2 Å². The summed E-state index contributed by atoms with van der Waals surface area (Å²) in [7, 11) is -4.21. The number of thiophene rings is 1. The van der Waals surface area contributed by atoms with Gasteiger partial charge in [-0.2, -0.15) is 9.52 Å². The first-order valence-electron chi connectivity index (χ1n) is 10.6. The first kappa shape index (κ1) is 26.8. The number of carbonyl (C=O) groups is 2. The third-order valence-electron chi connectivity index (χ3n) is 5.02. The highest BCUT2D eigenvalue weighted by Crippen LogP contribution is 2.29. The van der Waals surface area contributed by atoms with Gasteiger partial charge in [-0.3, -0.25) is 14.6 Å². The summed E-state index contributed by atoms with van der Waals surface area (Å²) in [4.78, 5) is 30.0. The summed E-state index contributed by atoms with van der Waals surface area (Å²) in [5.41, 5.74) is 1.16. The molecular weight excluding hydrogens is 563 g/mol. The Morgan fingerprint density at radius 2 is 1.84 bits per heavy atom. The van der Waals surface area contributed by atoms with Crippen molar-refractivity contribution in [2.24, 2.45) is 0 Å². The molecule has 0 bridgehead atoms. The maximum absolute atomic E-state index is 13.0. The van der Waals surface area contributed by atoms with E-state index in [1.807, 2.05) is 0 Å². The molecule has 192 valence electrons. The average Bonchev–Trinajstić information content (AvgIpc) is 3.52. The molecule has 0 saturated carbocycles. The summed E-state index contributed by atoms with van der Waals surface area (Å²) in [6.45, 7) is -0.507. The zero-order valence-corrected chi connectivity index (χ0v) is 21.9. The first-order valence-corrected chi connectivity index (χ1v) is 13.7. The molecule has 0 amide bonds. The van der Waals surface area contributed by atoms with Gasteiger partial charge in [0.25, 0.3) is 10.0 Å². The van der Waals surface area contributed by atoms with Gasteiger partial charge in [0.15, 0.2) is 11.6 Å². The quantitative estimate of drug-likeness (QED) is 0.272. The monoisotopic (exact) mass is 580 g/mol. The lowest BCUT2D eigenvalue weighted by atomic mass is 10.1. The van der Waals surface area contributed by atoms with Crippen molar-refractivity contribution in [2.45, 2.75) is 29.6 Å². The Morgan fingerprint density at radius 1 is 1.08 bits per heavy atom. The van der Waals surface area contributed by atoms with Crippen molar-refractivity contribution in [2.75, 3.05) is 0 Å². The van der Waals surface area contributed by atoms with Gasteiger partial charge in [-0.1, -0.05) is 35.3 Å². The fourth-order valence-corrected chi connectivity index (χ4v) is 6.33. The van der Waals surface area contributed by atoms with Crippen LogP contribution in [0.25, 0.3) is 10.6 Å². The predicted octanol–water partition coefficient (Wildman–Crippen LogP) is 3.09. The molecule has 1 aromatic carbocycles. The number of nitrogens with one attached hydrogen (secondary N) is 1. The van der Waals surface area contributed by atoms with Gasteiger partial charge in [0.05, 0.1) is 23.0 Å². The van der Waals surface area contributed by atoms with E-state index in [4.69, 9.17) is 23.2 Å². The summed E-state index contributed by atoms with van der Waals surface area (Å²) in [6, 6.07) is 11.6. The SMILES string of the molecule is O=C(O)CC(NS(=O)(=O)c1ccc(-c2ccccn2)s1)C(=O)Cn1nnc(Cc2c(Cl)cccc2Cl)n1. The summed E-state index contributed by atoms with van der Waals surface area (Å²) >= 11 is 13.3. The van der Waals surface area contributed by atoms with E-state index in [1.54, 1.807) is 48.7 Å². The maximum Gasteiger partial charge on any atom is 0.305 e. The molecule has 15 heteroatoms. The highest BCUT2D eigenvalue weighted by atomic mass is 35.5. The smallest absolute Gasteiger partial charge is 0.305 e. The third-order valence-corrected chi connectivity index (χ3v) is 8.80. The normalized spacial score (nSPS) is 12.4. The molecular formula is C22H18Cl2N6O5S2. The number of benzene rings is 1. The van der Waals surface area contributed by atoms with E-state index in [1.165, 1.54) is 6.07 Å². The van der Waals surface area contributed by atoms with Gasteiger partial charge >= 0.3 is 5.97 Å². The van der Waals surface area contributed by atoms with Gasteiger partial charge in [0, 0.05) is 22.7 Å².